The fraction of sp³-hybridized carbons (Fsp3) is 0.0370. The molecule has 1 aromatic heterocycles. The molecular weight excluding hydrogens is 472 g/mol. The molecule has 0 bridgehead atoms. The number of nitrogens with zero attached hydrogens (tertiary/aromatic N) is 4. The van der Waals surface area contributed by atoms with Crippen LogP contribution in [0.25, 0.3) is 23.0 Å². The zero-order valence-corrected chi connectivity index (χ0v) is 19.6. The SMILES string of the molecule is CC(=O)Nc1ccc(NC(=O)/C(C#N)=C/c2cn(-c3ccccc3)nc2-c2ccc([N+](=O)[O-])cc2)cc1. The van der Waals surface area contributed by atoms with Crippen LogP contribution in [0.4, 0.5) is 17.1 Å². The number of aromatic nitrogens is 2. The molecule has 0 fully saturated rings. The average Bonchev–Trinajstić information content (AvgIpc) is 3.32. The van der Waals surface area contributed by atoms with Gasteiger partial charge in [0.05, 0.1) is 10.6 Å². The molecule has 10 nitrogen and oxygen atoms in total. The number of nitriles is 1. The van der Waals surface area contributed by atoms with Gasteiger partial charge in [0.15, 0.2) is 0 Å². The summed E-state index contributed by atoms with van der Waals surface area (Å²) in [4.78, 5) is 34.6. The van der Waals surface area contributed by atoms with E-state index in [1.165, 1.54) is 25.1 Å². The number of anilines is 2. The van der Waals surface area contributed by atoms with Crippen LogP contribution in [0.1, 0.15) is 12.5 Å². The summed E-state index contributed by atoms with van der Waals surface area (Å²) in [5, 5.41) is 30.7. The number of hydrogen-bond acceptors (Lipinski definition) is 6. The van der Waals surface area contributed by atoms with Crippen LogP contribution < -0.4 is 10.6 Å². The van der Waals surface area contributed by atoms with Crippen molar-refractivity contribution in [1.82, 2.24) is 9.78 Å². The van der Waals surface area contributed by atoms with Gasteiger partial charge in [-0.3, -0.25) is 19.7 Å². The maximum absolute atomic E-state index is 12.9. The van der Waals surface area contributed by atoms with Gasteiger partial charge in [-0.25, -0.2) is 4.68 Å². The highest BCUT2D eigenvalue weighted by molar-refractivity contribution is 6.10. The van der Waals surface area contributed by atoms with Gasteiger partial charge in [-0.2, -0.15) is 10.4 Å². The van der Waals surface area contributed by atoms with Crippen molar-refractivity contribution < 1.29 is 14.5 Å². The second kappa shape index (κ2) is 10.8. The Hall–Kier alpha value is -5.56. The van der Waals surface area contributed by atoms with E-state index in [1.54, 1.807) is 47.3 Å². The van der Waals surface area contributed by atoms with E-state index in [9.17, 15) is 25.0 Å². The van der Waals surface area contributed by atoms with E-state index >= 15 is 0 Å². The van der Waals surface area contributed by atoms with Crippen LogP contribution in [0.3, 0.4) is 0 Å². The van der Waals surface area contributed by atoms with Crippen LogP contribution in [-0.4, -0.2) is 26.5 Å². The zero-order chi connectivity index (χ0) is 26.4. The molecule has 1 heterocycles. The third-order valence-corrected chi connectivity index (χ3v) is 5.24. The van der Waals surface area contributed by atoms with Crippen molar-refractivity contribution in [2.24, 2.45) is 0 Å². The molecule has 0 aliphatic heterocycles. The highest BCUT2D eigenvalue weighted by Crippen LogP contribution is 2.28. The number of carbonyl (C=O) groups excluding carboxylic acids is 2. The van der Waals surface area contributed by atoms with Crippen molar-refractivity contribution in [3.8, 4) is 23.0 Å². The normalized spacial score (nSPS) is 10.9. The van der Waals surface area contributed by atoms with Crippen molar-refractivity contribution in [1.29, 1.82) is 5.26 Å². The minimum atomic E-state index is -0.628. The Morgan fingerprint density at radius 1 is 0.973 bits per heavy atom. The third kappa shape index (κ3) is 5.93. The second-order valence-corrected chi connectivity index (χ2v) is 7.90. The van der Waals surface area contributed by atoms with Gasteiger partial charge >= 0.3 is 0 Å². The van der Waals surface area contributed by atoms with Gasteiger partial charge in [-0.1, -0.05) is 18.2 Å². The Morgan fingerprint density at radius 3 is 2.16 bits per heavy atom. The summed E-state index contributed by atoms with van der Waals surface area (Å²) >= 11 is 0. The van der Waals surface area contributed by atoms with Crippen LogP contribution in [0.15, 0.2) is 90.6 Å². The maximum atomic E-state index is 12.9. The Bertz CT molecular complexity index is 1530. The molecule has 0 spiro atoms. The standard InChI is InChI=1S/C27H20N6O4/c1-18(34)29-22-9-11-23(12-10-22)30-27(35)20(16-28)15-21-17-32(24-5-3-2-4-6-24)31-26(21)19-7-13-25(14-8-19)33(36)37/h2-15,17H,1H3,(H,29,34)(H,30,35)/b20-15+. The van der Waals surface area contributed by atoms with Crippen molar-refractivity contribution >= 4 is 35.0 Å². The molecular formula is C27H20N6O4. The molecule has 0 aliphatic rings. The number of hydrogen-bond donors (Lipinski definition) is 2. The van der Waals surface area contributed by atoms with Crippen LogP contribution in [0.2, 0.25) is 0 Å². The largest absolute Gasteiger partial charge is 0.326 e. The molecule has 0 radical (unpaired) electrons. The summed E-state index contributed by atoms with van der Waals surface area (Å²) in [6.07, 6.45) is 3.10. The van der Waals surface area contributed by atoms with Gasteiger partial charge in [-0.05, 0) is 54.6 Å². The summed E-state index contributed by atoms with van der Waals surface area (Å²) in [6.45, 7) is 1.39. The molecule has 182 valence electrons. The second-order valence-electron chi connectivity index (χ2n) is 7.90. The number of non-ortho nitro benzene ring substituents is 1. The van der Waals surface area contributed by atoms with Crippen molar-refractivity contribution in [3.63, 3.8) is 0 Å². The monoisotopic (exact) mass is 492 g/mol. The number of nitro benzene ring substituents is 1. The first-order valence-corrected chi connectivity index (χ1v) is 11.0. The lowest BCUT2D eigenvalue weighted by Gasteiger charge is -2.06. The third-order valence-electron chi connectivity index (χ3n) is 5.24. The molecule has 3 aromatic carbocycles. The highest BCUT2D eigenvalue weighted by Gasteiger charge is 2.16. The fourth-order valence-electron chi connectivity index (χ4n) is 3.51. The number of amides is 2. The maximum Gasteiger partial charge on any atom is 0.269 e. The molecule has 0 unspecified atom stereocenters. The van der Waals surface area contributed by atoms with Crippen molar-refractivity contribution in [2.75, 3.05) is 10.6 Å². The molecule has 0 saturated carbocycles. The van der Waals surface area contributed by atoms with Crippen LogP contribution in [-0.2, 0) is 9.59 Å². The van der Waals surface area contributed by atoms with Gasteiger partial charge in [0.25, 0.3) is 11.6 Å². The Labute approximate surface area is 211 Å². The Morgan fingerprint density at radius 2 is 1.59 bits per heavy atom. The summed E-state index contributed by atoms with van der Waals surface area (Å²) in [6, 6.07) is 23.5. The highest BCUT2D eigenvalue weighted by atomic mass is 16.6. The van der Waals surface area contributed by atoms with Crippen molar-refractivity contribution in [2.45, 2.75) is 6.92 Å². The topological polar surface area (TPSA) is 143 Å². The molecule has 4 aromatic rings. The predicted octanol–water partition coefficient (Wildman–Crippen LogP) is 4.95. The molecule has 2 N–H and O–H groups in total. The van der Waals surface area contributed by atoms with E-state index in [-0.39, 0.29) is 17.2 Å². The number of nitro groups is 1. The van der Waals surface area contributed by atoms with E-state index < -0.39 is 10.8 Å². The predicted molar refractivity (Wildman–Crippen MR) is 139 cm³/mol. The molecule has 0 atom stereocenters. The van der Waals surface area contributed by atoms with E-state index in [1.807, 2.05) is 36.4 Å². The van der Waals surface area contributed by atoms with E-state index in [0.29, 0.717) is 28.2 Å². The van der Waals surface area contributed by atoms with Crippen LogP contribution in [0.5, 0.6) is 0 Å². The summed E-state index contributed by atoms with van der Waals surface area (Å²) in [7, 11) is 0. The lowest BCUT2D eigenvalue weighted by molar-refractivity contribution is -0.384. The average molecular weight is 492 g/mol. The first kappa shape index (κ1) is 24.6. The number of nitrogens with one attached hydrogen (secondary N) is 2. The molecule has 0 aliphatic carbocycles. The molecule has 0 saturated heterocycles. The first-order chi connectivity index (χ1) is 17.8. The summed E-state index contributed by atoms with van der Waals surface area (Å²) in [5.41, 5.74) is 3.04. The van der Waals surface area contributed by atoms with Gasteiger partial charge in [-0.15, -0.1) is 0 Å². The minimum absolute atomic E-state index is 0.0649. The van der Waals surface area contributed by atoms with Gasteiger partial charge < -0.3 is 10.6 Å². The quantitative estimate of drug-likeness (QED) is 0.162. The number of para-hydroxylation sites is 1. The lowest BCUT2D eigenvalue weighted by Crippen LogP contribution is -2.13. The van der Waals surface area contributed by atoms with Gasteiger partial charge in [0, 0.05) is 47.8 Å². The van der Waals surface area contributed by atoms with E-state index in [2.05, 4.69) is 15.7 Å². The molecule has 4 rings (SSSR count). The first-order valence-electron chi connectivity index (χ1n) is 11.0. The number of carbonyl (C=O) groups is 2. The summed E-state index contributed by atoms with van der Waals surface area (Å²) in [5.74, 6) is -0.844. The molecule has 2 amide bonds. The molecule has 10 heteroatoms. The zero-order valence-electron chi connectivity index (χ0n) is 19.6. The van der Waals surface area contributed by atoms with Crippen molar-refractivity contribution in [3.05, 3.63) is 106 Å². The Kier molecular flexibility index (Phi) is 7.16. The van der Waals surface area contributed by atoms with Gasteiger partial charge in [0.1, 0.15) is 17.3 Å². The Balaban J connectivity index is 1.68. The van der Waals surface area contributed by atoms with E-state index in [0.717, 1.165) is 5.69 Å². The minimum Gasteiger partial charge on any atom is -0.326 e. The smallest absolute Gasteiger partial charge is 0.269 e. The lowest BCUT2D eigenvalue weighted by atomic mass is 10.1. The van der Waals surface area contributed by atoms with Crippen LogP contribution >= 0.6 is 0 Å². The number of rotatable bonds is 7. The molecule has 37 heavy (non-hydrogen) atoms. The van der Waals surface area contributed by atoms with E-state index in [4.69, 9.17) is 0 Å². The summed E-state index contributed by atoms with van der Waals surface area (Å²) < 4.78 is 1.61. The van der Waals surface area contributed by atoms with Gasteiger partial charge in [0.2, 0.25) is 5.91 Å². The fourth-order valence-corrected chi connectivity index (χ4v) is 3.51. The van der Waals surface area contributed by atoms with Crippen LogP contribution in [0, 0.1) is 21.4 Å². The number of benzene rings is 3.